The number of hydrogen-bond donors (Lipinski definition) is 1. The molecule has 0 saturated carbocycles. The number of halogens is 1. The highest BCUT2D eigenvalue weighted by molar-refractivity contribution is 7.88. The third-order valence-electron chi connectivity index (χ3n) is 9.81. The summed E-state index contributed by atoms with van der Waals surface area (Å²) in [6.07, 6.45) is 7.76. The maximum Gasteiger partial charge on any atom is 0.303 e. The smallest absolute Gasteiger partial charge is 0.303 e. The van der Waals surface area contributed by atoms with Gasteiger partial charge in [0.15, 0.2) is 11.4 Å². The minimum Gasteiger partial charge on any atom is -0.458 e. The number of hydrogen-bond acceptors (Lipinski definition) is 9. The Morgan fingerprint density at radius 3 is 2.24 bits per heavy atom. The number of allylic oxidation sites excluding steroid dienone is 1. The molecular weight excluding hydrogens is 728 g/mol. The van der Waals surface area contributed by atoms with E-state index in [1.165, 1.54) is 26.0 Å². The van der Waals surface area contributed by atoms with Crippen molar-refractivity contribution < 1.29 is 46.1 Å². The van der Waals surface area contributed by atoms with E-state index >= 15 is 0 Å². The molecule has 1 amide bonds. The Balaban J connectivity index is 1.31. The van der Waals surface area contributed by atoms with Gasteiger partial charge in [-0.3, -0.25) is 14.4 Å². The number of carbonyl (C=O) groups is 3. The lowest BCUT2D eigenvalue weighted by Gasteiger charge is -2.48. The molecule has 1 unspecified atom stereocenters. The van der Waals surface area contributed by atoms with Crippen molar-refractivity contribution in [2.75, 3.05) is 30.9 Å². The number of sulfonamides is 1. The van der Waals surface area contributed by atoms with Gasteiger partial charge in [-0.15, -0.1) is 0 Å². The number of amides is 1. The number of nitrogens with zero attached hydrogens (tertiary/aromatic N) is 1. The molecule has 2 fully saturated rings. The summed E-state index contributed by atoms with van der Waals surface area (Å²) in [7, 11) is -3.25. The number of rotatable bonds is 17. The van der Waals surface area contributed by atoms with E-state index in [1.807, 2.05) is 74.5 Å². The van der Waals surface area contributed by atoms with Crippen LogP contribution in [-0.2, 0) is 49.8 Å². The third kappa shape index (κ3) is 11.8. The summed E-state index contributed by atoms with van der Waals surface area (Å²) >= 11 is 0. The van der Waals surface area contributed by atoms with E-state index in [-0.39, 0.29) is 31.1 Å². The second-order valence-corrected chi connectivity index (χ2v) is 16.6. The van der Waals surface area contributed by atoms with E-state index in [0.29, 0.717) is 50.6 Å². The Kier molecular flexibility index (Phi) is 13.7. The molecule has 2 heterocycles. The van der Waals surface area contributed by atoms with Crippen molar-refractivity contribution in [1.29, 1.82) is 0 Å². The van der Waals surface area contributed by atoms with Crippen molar-refractivity contribution in [3.8, 4) is 0 Å². The Bertz CT molecular complexity index is 1920. The van der Waals surface area contributed by atoms with Gasteiger partial charge in [-0.25, -0.2) is 17.5 Å². The Labute approximate surface area is 323 Å². The van der Waals surface area contributed by atoms with Gasteiger partial charge in [-0.1, -0.05) is 60.7 Å². The zero-order chi connectivity index (χ0) is 39.8. The molecule has 0 aromatic heterocycles. The second kappa shape index (κ2) is 18.0. The largest absolute Gasteiger partial charge is 0.458 e. The molecule has 2 saturated heterocycles. The van der Waals surface area contributed by atoms with Crippen LogP contribution in [0.4, 0.5) is 10.1 Å². The molecule has 296 valence electrons. The lowest BCUT2D eigenvalue weighted by atomic mass is 9.78. The Hall–Kier alpha value is -4.43. The van der Waals surface area contributed by atoms with Crippen molar-refractivity contribution >= 4 is 39.6 Å². The molecule has 3 aromatic carbocycles. The first-order valence-electron chi connectivity index (χ1n) is 18.6. The third-order valence-corrected chi connectivity index (χ3v) is 10.5. The molecule has 0 bridgehead atoms. The van der Waals surface area contributed by atoms with Crippen LogP contribution >= 0.6 is 0 Å². The van der Waals surface area contributed by atoms with Crippen molar-refractivity contribution in [3.05, 3.63) is 107 Å². The number of anilines is 1. The van der Waals surface area contributed by atoms with Crippen LogP contribution in [-0.4, -0.2) is 63.7 Å². The summed E-state index contributed by atoms with van der Waals surface area (Å²) in [6, 6.07) is 21.3. The summed E-state index contributed by atoms with van der Waals surface area (Å²) in [5.74, 6) is -2.44. The first kappa shape index (κ1) is 41.7. The highest BCUT2D eigenvalue weighted by Gasteiger charge is 2.48. The van der Waals surface area contributed by atoms with E-state index in [4.69, 9.17) is 18.9 Å². The van der Waals surface area contributed by atoms with Crippen LogP contribution in [0.15, 0.2) is 78.9 Å². The molecule has 55 heavy (non-hydrogen) atoms. The quantitative estimate of drug-likeness (QED) is 0.0875. The minimum absolute atomic E-state index is 0.0551. The average molecular weight is 779 g/mol. The van der Waals surface area contributed by atoms with Crippen LogP contribution in [0.25, 0.3) is 6.08 Å². The molecule has 13 heteroatoms. The standard InChI is InChI=1S/C42H51FN2O9S/c1-29(46)53-38(33-17-19-35(43)20-18-33)24-23-37-39(45(40(37)48)36-21-13-32(14-22-36)10-8-26-44-55(5,49)50)34-15-11-31(12-16-34)9-6-7-25-42(54-30(2)47)27-51-41(3,4)52-28-42/h6,9,11-22,37-39,44H,7-8,10,23-28H2,1-5H3/t37-,38?,39-/m1/s1. The molecule has 0 radical (unpaired) electrons. The SMILES string of the molecule is CC(=O)OC(CC[C@H]1C(=O)N(c2ccc(CCCNS(C)(=O)=O)cc2)[C@@H]1c1ccc(C=CCCC2(OC(C)=O)COC(C)(C)OC2)cc1)c1ccc(F)cc1. The lowest BCUT2D eigenvalue weighted by molar-refractivity contribution is -0.305. The molecule has 2 aliphatic heterocycles. The molecule has 11 nitrogen and oxygen atoms in total. The molecule has 0 spiro atoms. The van der Waals surface area contributed by atoms with Gasteiger partial charge in [0.2, 0.25) is 15.9 Å². The van der Waals surface area contributed by atoms with Crippen molar-refractivity contribution in [3.63, 3.8) is 0 Å². The number of esters is 2. The maximum absolute atomic E-state index is 13.9. The van der Waals surface area contributed by atoms with Gasteiger partial charge in [0.1, 0.15) is 11.9 Å². The van der Waals surface area contributed by atoms with Crippen LogP contribution in [0.1, 0.15) is 94.2 Å². The fourth-order valence-electron chi connectivity index (χ4n) is 7.00. The van der Waals surface area contributed by atoms with E-state index in [0.717, 1.165) is 28.6 Å². The predicted octanol–water partition coefficient (Wildman–Crippen LogP) is 6.97. The minimum atomic E-state index is -3.25. The first-order chi connectivity index (χ1) is 26.0. The van der Waals surface area contributed by atoms with Gasteiger partial charge in [0.05, 0.1) is 31.4 Å². The summed E-state index contributed by atoms with van der Waals surface area (Å²) in [6.45, 7) is 7.19. The van der Waals surface area contributed by atoms with Gasteiger partial charge < -0.3 is 23.8 Å². The van der Waals surface area contributed by atoms with Gasteiger partial charge in [0.25, 0.3) is 0 Å². The van der Waals surface area contributed by atoms with Crippen LogP contribution in [0.5, 0.6) is 0 Å². The second-order valence-electron chi connectivity index (χ2n) is 14.8. The fourth-order valence-corrected chi connectivity index (χ4v) is 7.51. The van der Waals surface area contributed by atoms with Crippen molar-refractivity contribution in [2.24, 2.45) is 5.92 Å². The van der Waals surface area contributed by atoms with Crippen LogP contribution in [0.2, 0.25) is 0 Å². The number of nitrogens with one attached hydrogen (secondary N) is 1. The lowest BCUT2D eigenvalue weighted by Crippen LogP contribution is -2.55. The summed E-state index contributed by atoms with van der Waals surface area (Å²) in [5.41, 5.74) is 3.45. The normalized spacial score (nSPS) is 19.8. The monoisotopic (exact) mass is 778 g/mol. The molecular formula is C42H51FN2O9S. The van der Waals surface area contributed by atoms with Crippen LogP contribution in [0.3, 0.4) is 0 Å². The van der Waals surface area contributed by atoms with Crippen LogP contribution < -0.4 is 9.62 Å². The molecule has 1 N–H and O–H groups in total. The Morgan fingerprint density at radius 1 is 0.982 bits per heavy atom. The highest BCUT2D eigenvalue weighted by atomic mass is 32.2. The fraction of sp³-hybridized carbons (Fsp3) is 0.452. The zero-order valence-electron chi connectivity index (χ0n) is 32.1. The summed E-state index contributed by atoms with van der Waals surface area (Å²) in [5, 5.41) is 0. The molecule has 2 aliphatic rings. The topological polar surface area (TPSA) is 138 Å². The van der Waals surface area contributed by atoms with Gasteiger partial charge in [-0.05, 0) is 98.9 Å². The van der Waals surface area contributed by atoms with Gasteiger partial charge >= 0.3 is 11.9 Å². The van der Waals surface area contributed by atoms with Gasteiger partial charge in [-0.2, -0.15) is 0 Å². The molecule has 3 aromatic rings. The average Bonchev–Trinajstić information content (AvgIpc) is 3.12. The highest BCUT2D eigenvalue weighted by Crippen LogP contribution is 2.47. The van der Waals surface area contributed by atoms with Crippen LogP contribution in [0, 0.1) is 11.7 Å². The maximum atomic E-state index is 13.9. The van der Waals surface area contributed by atoms with E-state index in [9.17, 15) is 27.2 Å². The Morgan fingerprint density at radius 2 is 1.64 bits per heavy atom. The predicted molar refractivity (Wildman–Crippen MR) is 207 cm³/mol. The van der Waals surface area contributed by atoms with E-state index in [2.05, 4.69) is 4.72 Å². The number of benzene rings is 3. The van der Waals surface area contributed by atoms with Crippen molar-refractivity contribution in [2.45, 2.75) is 89.8 Å². The number of aryl methyl sites for hydroxylation is 1. The number of β-lactam (4-membered cyclic amide) rings is 1. The molecule has 3 atom stereocenters. The van der Waals surface area contributed by atoms with E-state index < -0.39 is 45.2 Å². The number of ether oxygens (including phenoxy) is 4. The molecule has 0 aliphatic carbocycles. The zero-order valence-corrected chi connectivity index (χ0v) is 32.9. The van der Waals surface area contributed by atoms with Gasteiger partial charge in [0, 0.05) is 26.1 Å². The summed E-state index contributed by atoms with van der Waals surface area (Å²) < 4.78 is 61.9. The molecule has 5 rings (SSSR count). The number of carbonyl (C=O) groups excluding carboxylic acids is 3. The van der Waals surface area contributed by atoms with E-state index in [1.54, 1.807) is 17.0 Å². The summed E-state index contributed by atoms with van der Waals surface area (Å²) in [4.78, 5) is 39.6. The van der Waals surface area contributed by atoms with Crippen molar-refractivity contribution in [1.82, 2.24) is 4.72 Å². The first-order valence-corrected chi connectivity index (χ1v) is 20.5.